The summed E-state index contributed by atoms with van der Waals surface area (Å²) in [5.74, 6) is -2.72. The average molecular weight is 390 g/mol. The number of nitrogens with zero attached hydrogens (tertiary/aromatic N) is 1. The number of carbonyl (C=O) groups excluding carboxylic acids is 3. The maximum absolute atomic E-state index is 13.2. The van der Waals surface area contributed by atoms with E-state index in [4.69, 9.17) is 0 Å². The van der Waals surface area contributed by atoms with Crippen molar-refractivity contribution in [2.45, 2.75) is 12.2 Å². The van der Waals surface area contributed by atoms with Gasteiger partial charge in [-0.15, -0.1) is 11.8 Å². The van der Waals surface area contributed by atoms with Crippen LogP contribution in [0.2, 0.25) is 0 Å². The lowest BCUT2D eigenvalue weighted by Crippen LogP contribution is -2.32. The molecule has 27 heavy (non-hydrogen) atoms. The first-order valence-electron chi connectivity index (χ1n) is 8.21. The second-order valence-electron chi connectivity index (χ2n) is 5.94. The van der Waals surface area contributed by atoms with Crippen LogP contribution in [0.3, 0.4) is 0 Å². The third-order valence-electron chi connectivity index (χ3n) is 4.12. The lowest BCUT2D eigenvalue weighted by molar-refractivity contribution is -0.115. The largest absolute Gasteiger partial charge is 0.325 e. The molecule has 0 saturated heterocycles. The molecule has 0 spiro atoms. The molecule has 0 saturated carbocycles. The Kier molecular flexibility index (Phi) is 5.55. The molecule has 2 aromatic rings. The van der Waals surface area contributed by atoms with E-state index in [1.54, 1.807) is 31.2 Å². The van der Waals surface area contributed by atoms with E-state index in [1.807, 2.05) is 0 Å². The summed E-state index contributed by atoms with van der Waals surface area (Å²) >= 11 is 1.25. The molecular weight excluding hydrogens is 374 g/mol. The van der Waals surface area contributed by atoms with Crippen molar-refractivity contribution in [2.75, 3.05) is 17.6 Å². The van der Waals surface area contributed by atoms with Crippen molar-refractivity contribution in [3.8, 4) is 0 Å². The number of fused-ring (bicyclic) bond motifs is 1. The Morgan fingerprint density at radius 2 is 1.70 bits per heavy atom. The molecule has 0 aromatic heterocycles. The molecule has 1 atom stereocenters. The molecule has 1 N–H and O–H groups in total. The molecule has 0 aliphatic carbocycles. The van der Waals surface area contributed by atoms with Crippen molar-refractivity contribution < 1.29 is 23.2 Å². The van der Waals surface area contributed by atoms with Gasteiger partial charge < -0.3 is 5.32 Å². The minimum absolute atomic E-state index is 0.159. The van der Waals surface area contributed by atoms with Gasteiger partial charge in [0, 0.05) is 24.1 Å². The van der Waals surface area contributed by atoms with Gasteiger partial charge in [0.15, 0.2) is 11.6 Å². The van der Waals surface area contributed by atoms with Crippen molar-refractivity contribution in [2.24, 2.45) is 0 Å². The molecule has 1 aliphatic heterocycles. The summed E-state index contributed by atoms with van der Waals surface area (Å²) in [6.07, 6.45) is 0. The van der Waals surface area contributed by atoms with Gasteiger partial charge in [-0.1, -0.05) is 12.1 Å². The first-order valence-corrected chi connectivity index (χ1v) is 9.26. The number of imide groups is 1. The monoisotopic (exact) mass is 390 g/mol. The third kappa shape index (κ3) is 4.00. The van der Waals surface area contributed by atoms with Crippen LogP contribution in [-0.2, 0) is 4.79 Å². The van der Waals surface area contributed by atoms with Gasteiger partial charge in [-0.05, 0) is 31.2 Å². The van der Waals surface area contributed by atoms with E-state index in [1.165, 1.54) is 17.8 Å². The van der Waals surface area contributed by atoms with Crippen LogP contribution in [0.15, 0.2) is 42.5 Å². The first kappa shape index (κ1) is 19.0. The van der Waals surface area contributed by atoms with Crippen LogP contribution in [0.25, 0.3) is 0 Å². The summed E-state index contributed by atoms with van der Waals surface area (Å²) in [7, 11) is 0. The molecule has 5 nitrogen and oxygen atoms in total. The zero-order chi connectivity index (χ0) is 19.6. The van der Waals surface area contributed by atoms with E-state index in [-0.39, 0.29) is 30.0 Å². The van der Waals surface area contributed by atoms with Crippen molar-refractivity contribution in [1.82, 2.24) is 4.90 Å². The van der Waals surface area contributed by atoms with Gasteiger partial charge in [0.2, 0.25) is 5.91 Å². The fourth-order valence-corrected chi connectivity index (χ4v) is 3.51. The molecule has 0 bridgehead atoms. The Bertz CT molecular complexity index is 885. The van der Waals surface area contributed by atoms with Crippen molar-refractivity contribution in [1.29, 1.82) is 0 Å². The minimum atomic E-state index is -1.04. The molecule has 8 heteroatoms. The molecule has 3 rings (SSSR count). The van der Waals surface area contributed by atoms with Gasteiger partial charge in [0.1, 0.15) is 0 Å². The van der Waals surface area contributed by atoms with Gasteiger partial charge in [-0.25, -0.2) is 8.78 Å². The first-order chi connectivity index (χ1) is 12.9. The predicted octanol–water partition coefficient (Wildman–Crippen LogP) is 3.32. The molecule has 1 unspecified atom stereocenters. The summed E-state index contributed by atoms with van der Waals surface area (Å²) in [5.41, 5.74) is 0.931. The van der Waals surface area contributed by atoms with Crippen molar-refractivity contribution in [3.05, 3.63) is 65.2 Å². The summed E-state index contributed by atoms with van der Waals surface area (Å²) in [4.78, 5) is 37.8. The smallest absolute Gasteiger partial charge is 0.261 e. The SMILES string of the molecule is CC(SCCN1C(=O)c2ccccc2C1=O)C(=O)Nc1ccc(F)c(F)c1. The van der Waals surface area contributed by atoms with Gasteiger partial charge in [-0.3, -0.25) is 19.3 Å². The summed E-state index contributed by atoms with van der Waals surface area (Å²) in [6, 6.07) is 9.74. The van der Waals surface area contributed by atoms with Crippen LogP contribution in [0.4, 0.5) is 14.5 Å². The Balaban J connectivity index is 1.51. The van der Waals surface area contributed by atoms with Gasteiger partial charge in [-0.2, -0.15) is 0 Å². The number of hydrogen-bond acceptors (Lipinski definition) is 4. The zero-order valence-corrected chi connectivity index (χ0v) is 15.2. The lowest BCUT2D eigenvalue weighted by atomic mass is 10.1. The van der Waals surface area contributed by atoms with Crippen LogP contribution in [0.1, 0.15) is 27.6 Å². The van der Waals surface area contributed by atoms with Crippen molar-refractivity contribution >= 4 is 35.2 Å². The standard InChI is InChI=1S/C19H16F2N2O3S/c1-11(17(24)22-12-6-7-15(20)16(21)10-12)27-9-8-23-18(25)13-4-2-3-5-14(13)19(23)26/h2-7,10-11H,8-9H2,1H3,(H,22,24). The molecule has 2 aromatic carbocycles. The Morgan fingerprint density at radius 1 is 1.07 bits per heavy atom. The molecule has 1 aliphatic rings. The van der Waals surface area contributed by atoms with E-state index < -0.39 is 16.9 Å². The van der Waals surface area contributed by atoms with Crippen LogP contribution in [0, 0.1) is 11.6 Å². The topological polar surface area (TPSA) is 66.5 Å². The highest BCUT2D eigenvalue weighted by Crippen LogP contribution is 2.23. The second-order valence-corrected chi connectivity index (χ2v) is 7.39. The predicted molar refractivity (Wildman–Crippen MR) is 98.7 cm³/mol. The number of benzene rings is 2. The maximum atomic E-state index is 13.2. The highest BCUT2D eigenvalue weighted by Gasteiger charge is 2.34. The molecule has 140 valence electrons. The van der Waals surface area contributed by atoms with Gasteiger partial charge in [0.05, 0.1) is 16.4 Å². The number of hydrogen-bond donors (Lipinski definition) is 1. The summed E-state index contributed by atoms with van der Waals surface area (Å²) in [5, 5.41) is 2.00. The normalized spacial score (nSPS) is 14.3. The van der Waals surface area contributed by atoms with E-state index in [0.29, 0.717) is 16.9 Å². The highest BCUT2D eigenvalue weighted by atomic mass is 32.2. The zero-order valence-electron chi connectivity index (χ0n) is 14.4. The molecule has 0 fully saturated rings. The van der Waals surface area contributed by atoms with E-state index >= 15 is 0 Å². The number of carbonyl (C=O) groups is 3. The molecule has 0 radical (unpaired) electrons. The van der Waals surface area contributed by atoms with E-state index in [0.717, 1.165) is 17.0 Å². The molecule has 1 heterocycles. The molecular formula is C19H16F2N2O3S. The third-order valence-corrected chi connectivity index (χ3v) is 5.25. The summed E-state index contributed by atoms with van der Waals surface area (Å²) in [6.45, 7) is 1.84. The van der Waals surface area contributed by atoms with Crippen LogP contribution >= 0.6 is 11.8 Å². The van der Waals surface area contributed by atoms with Crippen LogP contribution < -0.4 is 5.32 Å². The maximum Gasteiger partial charge on any atom is 0.261 e. The fraction of sp³-hybridized carbons (Fsp3) is 0.211. The van der Waals surface area contributed by atoms with Crippen LogP contribution in [0.5, 0.6) is 0 Å². The average Bonchev–Trinajstić information content (AvgIpc) is 2.90. The number of halogens is 2. The minimum Gasteiger partial charge on any atom is -0.325 e. The molecule has 3 amide bonds. The lowest BCUT2D eigenvalue weighted by Gasteiger charge is -2.16. The Hall–Kier alpha value is -2.74. The fourth-order valence-electron chi connectivity index (χ4n) is 2.66. The number of rotatable bonds is 6. The summed E-state index contributed by atoms with van der Waals surface area (Å²) < 4.78 is 26.1. The number of anilines is 1. The Morgan fingerprint density at radius 3 is 2.30 bits per heavy atom. The highest BCUT2D eigenvalue weighted by molar-refractivity contribution is 8.00. The number of amides is 3. The number of thioether (sulfide) groups is 1. The van der Waals surface area contributed by atoms with E-state index in [2.05, 4.69) is 5.32 Å². The van der Waals surface area contributed by atoms with E-state index in [9.17, 15) is 23.2 Å². The number of nitrogens with one attached hydrogen (secondary N) is 1. The van der Waals surface area contributed by atoms with Crippen molar-refractivity contribution in [3.63, 3.8) is 0 Å². The quantitative estimate of drug-likeness (QED) is 0.769. The second kappa shape index (κ2) is 7.87. The van der Waals surface area contributed by atoms with Gasteiger partial charge >= 0.3 is 0 Å². The van der Waals surface area contributed by atoms with Gasteiger partial charge in [0.25, 0.3) is 11.8 Å². The van der Waals surface area contributed by atoms with Crippen LogP contribution in [-0.4, -0.2) is 40.2 Å². The Labute approximate surface area is 158 Å².